The van der Waals surface area contributed by atoms with E-state index in [0.717, 1.165) is 24.6 Å². The lowest BCUT2D eigenvalue weighted by molar-refractivity contribution is -0.118. The van der Waals surface area contributed by atoms with Crippen molar-refractivity contribution in [3.05, 3.63) is 46.8 Å². The van der Waals surface area contributed by atoms with Gasteiger partial charge in [0.25, 0.3) is 11.8 Å². The summed E-state index contributed by atoms with van der Waals surface area (Å²) in [5, 5.41) is 10.7. The second-order valence-electron chi connectivity index (χ2n) is 10.8. The molecule has 2 aliphatic rings. The average molecular weight is 565 g/mol. The molecule has 39 heavy (non-hydrogen) atoms. The largest absolute Gasteiger partial charge is 0.616 e. The molecule has 2 heterocycles. The predicted octanol–water partition coefficient (Wildman–Crippen LogP) is 3.78. The lowest BCUT2D eigenvalue weighted by Gasteiger charge is -2.23. The maximum absolute atomic E-state index is 13.2. The standard InChI is InChI=1S/C28H38F2N4O4S/c1-28(29,30)12-4-14-38-22-6-3-5-20(15-22)9-10-21-16-23-26(27(36)32-21)24(17-31-25(35)18-39(2)37)34(33-23)13-11-19-7-8-19/h3,5-6,15,19,21H,4,7-14,16-18H2,1-2H3,(H,31,35)(H,32,36)/t21-,39?/m0/s1. The molecular weight excluding hydrogens is 526 g/mol. The molecule has 2 atom stereocenters. The highest BCUT2D eigenvalue weighted by Crippen LogP contribution is 2.33. The van der Waals surface area contributed by atoms with E-state index >= 15 is 0 Å². The SMILES string of the molecule is C[S+]([O-])CC(=O)NCc1c2c(nn1CCC1CC1)C[C@H](CCc1cccc(OCCCC(C)(F)F)c1)NC2=O. The Morgan fingerprint density at radius 1 is 1.33 bits per heavy atom. The number of benzene rings is 1. The molecule has 1 aliphatic carbocycles. The molecule has 214 valence electrons. The van der Waals surface area contributed by atoms with Crippen LogP contribution in [0.2, 0.25) is 0 Å². The summed E-state index contributed by atoms with van der Waals surface area (Å²) in [6.07, 6.45) is 7.00. The summed E-state index contributed by atoms with van der Waals surface area (Å²) in [5.41, 5.74) is 3.02. The summed E-state index contributed by atoms with van der Waals surface area (Å²) in [4.78, 5) is 25.3. The first kappa shape index (κ1) is 29.3. The summed E-state index contributed by atoms with van der Waals surface area (Å²) in [6.45, 7) is 2.01. The normalized spacial score (nSPS) is 17.9. The number of amides is 2. The van der Waals surface area contributed by atoms with E-state index in [-0.39, 0.29) is 49.6 Å². The number of halogens is 2. The van der Waals surface area contributed by atoms with Gasteiger partial charge < -0.3 is 19.9 Å². The molecule has 1 saturated carbocycles. The first-order valence-corrected chi connectivity index (χ1v) is 15.4. The van der Waals surface area contributed by atoms with Crippen molar-refractivity contribution in [3.8, 4) is 5.75 Å². The van der Waals surface area contributed by atoms with Crippen LogP contribution in [0.15, 0.2) is 24.3 Å². The van der Waals surface area contributed by atoms with Gasteiger partial charge in [0.2, 0.25) is 5.92 Å². The third-order valence-electron chi connectivity index (χ3n) is 7.07. The topological polar surface area (TPSA) is 108 Å². The van der Waals surface area contributed by atoms with Crippen LogP contribution in [0.25, 0.3) is 0 Å². The Hall–Kier alpha value is -2.66. The molecule has 1 fully saturated rings. The van der Waals surface area contributed by atoms with Crippen molar-refractivity contribution >= 4 is 23.0 Å². The summed E-state index contributed by atoms with van der Waals surface area (Å²) in [5.74, 6) is -1.92. The van der Waals surface area contributed by atoms with Gasteiger partial charge in [-0.25, -0.2) is 8.78 Å². The van der Waals surface area contributed by atoms with Crippen LogP contribution >= 0.6 is 0 Å². The van der Waals surface area contributed by atoms with Crippen LogP contribution in [-0.4, -0.2) is 56.7 Å². The Morgan fingerprint density at radius 2 is 2.13 bits per heavy atom. The summed E-state index contributed by atoms with van der Waals surface area (Å²) in [6, 6.07) is 7.51. The van der Waals surface area contributed by atoms with Crippen molar-refractivity contribution in [2.75, 3.05) is 18.6 Å². The molecule has 1 unspecified atom stereocenters. The first-order valence-electron chi connectivity index (χ1n) is 13.6. The molecule has 0 saturated heterocycles. The van der Waals surface area contributed by atoms with Crippen LogP contribution in [0, 0.1) is 5.92 Å². The fourth-order valence-electron chi connectivity index (χ4n) is 4.87. The van der Waals surface area contributed by atoms with E-state index < -0.39 is 17.1 Å². The van der Waals surface area contributed by atoms with E-state index in [2.05, 4.69) is 10.6 Å². The smallest absolute Gasteiger partial charge is 0.270 e. The summed E-state index contributed by atoms with van der Waals surface area (Å²) >= 11 is -1.24. The van der Waals surface area contributed by atoms with E-state index in [1.54, 1.807) is 0 Å². The van der Waals surface area contributed by atoms with E-state index in [1.165, 1.54) is 19.1 Å². The van der Waals surface area contributed by atoms with E-state index in [1.807, 2.05) is 28.9 Å². The van der Waals surface area contributed by atoms with Crippen LogP contribution in [-0.2, 0) is 41.9 Å². The lowest BCUT2D eigenvalue weighted by atomic mass is 9.95. The fourth-order valence-corrected chi connectivity index (χ4v) is 5.34. The van der Waals surface area contributed by atoms with Crippen molar-refractivity contribution in [1.29, 1.82) is 0 Å². The molecule has 2 amide bonds. The van der Waals surface area contributed by atoms with Gasteiger partial charge in [0.15, 0.2) is 5.75 Å². The number of rotatable bonds is 15. The van der Waals surface area contributed by atoms with Gasteiger partial charge in [-0.3, -0.25) is 14.3 Å². The van der Waals surface area contributed by atoms with Gasteiger partial charge in [0.05, 0.1) is 36.4 Å². The van der Waals surface area contributed by atoms with Gasteiger partial charge in [-0.15, -0.1) is 0 Å². The van der Waals surface area contributed by atoms with Crippen molar-refractivity contribution in [1.82, 2.24) is 20.4 Å². The van der Waals surface area contributed by atoms with Crippen molar-refractivity contribution < 1.29 is 27.7 Å². The first-order chi connectivity index (χ1) is 18.6. The van der Waals surface area contributed by atoms with Gasteiger partial charge in [0, 0.05) is 25.4 Å². The Labute approximate surface area is 231 Å². The Morgan fingerprint density at radius 3 is 2.85 bits per heavy atom. The minimum absolute atomic E-state index is 0.0758. The number of carbonyl (C=O) groups excluding carboxylic acids is 2. The zero-order chi connectivity index (χ0) is 28.0. The maximum atomic E-state index is 13.2. The second-order valence-corrected chi connectivity index (χ2v) is 12.2. The molecule has 11 heteroatoms. The third-order valence-corrected chi connectivity index (χ3v) is 7.74. The number of fused-ring (bicyclic) bond motifs is 1. The molecule has 1 aromatic heterocycles. The molecule has 8 nitrogen and oxygen atoms in total. The van der Waals surface area contributed by atoms with Crippen LogP contribution < -0.4 is 15.4 Å². The minimum atomic E-state index is -2.69. The number of ether oxygens (including phenoxy) is 1. The quantitative estimate of drug-likeness (QED) is 0.253. The lowest BCUT2D eigenvalue weighted by Crippen LogP contribution is -2.42. The number of nitrogens with one attached hydrogen (secondary N) is 2. The van der Waals surface area contributed by atoms with Gasteiger partial charge in [0.1, 0.15) is 5.75 Å². The number of aromatic nitrogens is 2. The Bertz CT molecular complexity index is 1150. The number of hydrogen-bond donors (Lipinski definition) is 2. The fraction of sp³-hybridized carbons (Fsp3) is 0.607. The number of hydrogen-bond acceptors (Lipinski definition) is 5. The molecule has 0 bridgehead atoms. The molecule has 0 radical (unpaired) electrons. The number of nitrogens with zero attached hydrogens (tertiary/aromatic N) is 2. The molecule has 1 aliphatic heterocycles. The van der Waals surface area contributed by atoms with Crippen LogP contribution in [0.5, 0.6) is 5.75 Å². The summed E-state index contributed by atoms with van der Waals surface area (Å²) < 4.78 is 44.9. The monoisotopic (exact) mass is 564 g/mol. The number of alkyl halides is 2. The zero-order valence-electron chi connectivity index (χ0n) is 22.6. The number of aryl methyl sites for hydroxylation is 2. The van der Waals surface area contributed by atoms with Crippen LogP contribution in [0.1, 0.15) is 72.8 Å². The Balaban J connectivity index is 1.36. The highest BCUT2D eigenvalue weighted by Gasteiger charge is 2.32. The summed E-state index contributed by atoms with van der Waals surface area (Å²) in [7, 11) is 0. The van der Waals surface area contributed by atoms with Crippen molar-refractivity contribution in [2.24, 2.45) is 5.92 Å². The number of carbonyl (C=O) groups is 2. The molecule has 2 N–H and O–H groups in total. The second kappa shape index (κ2) is 13.1. The molecular formula is C28H38F2N4O4S. The van der Waals surface area contributed by atoms with Crippen molar-refractivity contribution in [2.45, 2.75) is 83.3 Å². The molecule has 0 spiro atoms. The molecule has 4 rings (SSSR count). The minimum Gasteiger partial charge on any atom is -0.616 e. The highest BCUT2D eigenvalue weighted by atomic mass is 32.2. The van der Waals surface area contributed by atoms with Gasteiger partial charge in [-0.1, -0.05) is 25.0 Å². The highest BCUT2D eigenvalue weighted by molar-refractivity contribution is 7.91. The predicted molar refractivity (Wildman–Crippen MR) is 145 cm³/mol. The van der Waals surface area contributed by atoms with E-state index in [4.69, 9.17) is 9.84 Å². The van der Waals surface area contributed by atoms with E-state index in [9.17, 15) is 22.9 Å². The van der Waals surface area contributed by atoms with Gasteiger partial charge in [-0.05, 0) is 67.4 Å². The maximum Gasteiger partial charge on any atom is 0.270 e. The van der Waals surface area contributed by atoms with Crippen LogP contribution in [0.3, 0.4) is 0 Å². The van der Waals surface area contributed by atoms with Crippen LogP contribution in [0.4, 0.5) is 8.78 Å². The third kappa shape index (κ3) is 9.20. The van der Waals surface area contributed by atoms with E-state index in [0.29, 0.717) is 48.7 Å². The Kier molecular flexibility index (Phi) is 9.87. The van der Waals surface area contributed by atoms with Gasteiger partial charge >= 0.3 is 0 Å². The molecule has 2 aromatic rings. The van der Waals surface area contributed by atoms with Crippen molar-refractivity contribution in [3.63, 3.8) is 0 Å². The average Bonchev–Trinajstić information content (AvgIpc) is 3.62. The molecule has 1 aromatic carbocycles. The van der Waals surface area contributed by atoms with Gasteiger partial charge in [-0.2, -0.15) is 5.10 Å². The zero-order valence-corrected chi connectivity index (χ0v) is 23.5.